The zero-order valence-corrected chi connectivity index (χ0v) is 20.0. The number of fused-ring (bicyclic) bond motifs is 1. The summed E-state index contributed by atoms with van der Waals surface area (Å²) in [5.41, 5.74) is 3.56. The van der Waals surface area contributed by atoms with Gasteiger partial charge in [0.05, 0.1) is 29.4 Å². The number of nitrogens with zero attached hydrogens (tertiary/aromatic N) is 4. The third-order valence-electron chi connectivity index (χ3n) is 7.61. The number of para-hydroxylation sites is 2. The average Bonchev–Trinajstić information content (AvgIpc) is 3.50. The van der Waals surface area contributed by atoms with E-state index in [0.717, 1.165) is 54.5 Å². The number of imidazole rings is 1. The molecule has 1 saturated carbocycles. The maximum atomic E-state index is 13.5. The molecule has 0 spiro atoms. The Morgan fingerprint density at radius 3 is 2.52 bits per heavy atom. The first-order chi connectivity index (χ1) is 16.1. The number of piperidine rings is 1. The van der Waals surface area contributed by atoms with Crippen molar-refractivity contribution in [2.45, 2.75) is 57.5 Å². The smallest absolute Gasteiger partial charge is 0.257 e. The number of methoxy groups -OCH3 is 1. The Morgan fingerprint density at radius 2 is 1.79 bits per heavy atom. The maximum absolute atomic E-state index is 13.5. The Balaban J connectivity index is 1.34. The van der Waals surface area contributed by atoms with Crippen molar-refractivity contribution in [3.63, 3.8) is 0 Å². The second kappa shape index (κ2) is 9.18. The zero-order valence-electron chi connectivity index (χ0n) is 20.0. The van der Waals surface area contributed by atoms with Crippen molar-refractivity contribution in [3.8, 4) is 11.4 Å². The normalized spacial score (nSPS) is 18.2. The molecule has 1 aromatic heterocycles. The SMILES string of the molecule is COc1cc(-n2c(C)nc3ccccc32)ccc1C(=O)N(C)C1CCN(C2CCCC2)CC1. The minimum absolute atomic E-state index is 0.0323. The highest BCUT2D eigenvalue weighted by molar-refractivity contribution is 5.97. The van der Waals surface area contributed by atoms with Crippen molar-refractivity contribution in [1.82, 2.24) is 19.4 Å². The highest BCUT2D eigenvalue weighted by Gasteiger charge is 2.31. The van der Waals surface area contributed by atoms with Crippen LogP contribution in [0.4, 0.5) is 0 Å². The zero-order chi connectivity index (χ0) is 22.9. The molecule has 0 radical (unpaired) electrons. The van der Waals surface area contributed by atoms with Gasteiger partial charge in [-0.2, -0.15) is 0 Å². The number of hydrogen-bond donors (Lipinski definition) is 0. The van der Waals surface area contributed by atoms with Gasteiger partial charge >= 0.3 is 0 Å². The molecule has 174 valence electrons. The van der Waals surface area contributed by atoms with Crippen LogP contribution in [0.2, 0.25) is 0 Å². The Kier molecular flexibility index (Phi) is 6.11. The van der Waals surface area contributed by atoms with Crippen LogP contribution in [-0.4, -0.2) is 64.6 Å². The standard InChI is InChI=1S/C27H34N4O2/c1-19-28-24-10-6-7-11-25(24)31(19)22-12-13-23(26(18-22)33-3)27(32)29(2)20-14-16-30(17-15-20)21-8-4-5-9-21/h6-7,10-13,18,20-21H,4-5,8-9,14-17H2,1-3H3. The number of amides is 1. The molecule has 1 saturated heterocycles. The topological polar surface area (TPSA) is 50.6 Å². The van der Waals surface area contributed by atoms with Crippen LogP contribution in [0, 0.1) is 6.92 Å². The minimum Gasteiger partial charge on any atom is -0.496 e. The second-order valence-electron chi connectivity index (χ2n) is 9.49. The molecule has 1 amide bonds. The molecule has 6 heteroatoms. The Morgan fingerprint density at radius 1 is 1.06 bits per heavy atom. The number of carbonyl (C=O) groups is 1. The van der Waals surface area contributed by atoms with E-state index >= 15 is 0 Å². The van der Waals surface area contributed by atoms with Crippen molar-refractivity contribution < 1.29 is 9.53 Å². The summed E-state index contributed by atoms with van der Waals surface area (Å²) in [5, 5.41) is 0. The van der Waals surface area contributed by atoms with Gasteiger partial charge < -0.3 is 14.5 Å². The number of ether oxygens (including phenoxy) is 1. The minimum atomic E-state index is 0.0323. The average molecular weight is 447 g/mol. The third-order valence-corrected chi connectivity index (χ3v) is 7.61. The number of aryl methyl sites for hydroxylation is 1. The highest BCUT2D eigenvalue weighted by atomic mass is 16.5. The van der Waals surface area contributed by atoms with Gasteiger partial charge in [0.25, 0.3) is 5.91 Å². The summed E-state index contributed by atoms with van der Waals surface area (Å²) in [5.74, 6) is 1.54. The quantitative estimate of drug-likeness (QED) is 0.564. The van der Waals surface area contributed by atoms with Crippen molar-refractivity contribution in [2.24, 2.45) is 0 Å². The number of hydrogen-bond acceptors (Lipinski definition) is 4. The van der Waals surface area contributed by atoms with Gasteiger partial charge in [-0.15, -0.1) is 0 Å². The lowest BCUT2D eigenvalue weighted by Gasteiger charge is -2.39. The highest BCUT2D eigenvalue weighted by Crippen LogP contribution is 2.30. The van der Waals surface area contributed by atoms with Crippen LogP contribution in [0.3, 0.4) is 0 Å². The molecule has 2 aromatic carbocycles. The predicted octanol–water partition coefficient (Wildman–Crippen LogP) is 4.82. The molecule has 5 rings (SSSR count). The van der Waals surface area contributed by atoms with Crippen molar-refractivity contribution in [3.05, 3.63) is 53.9 Å². The lowest BCUT2D eigenvalue weighted by Crippen LogP contribution is -2.48. The van der Waals surface area contributed by atoms with Crippen LogP contribution in [0.5, 0.6) is 5.75 Å². The summed E-state index contributed by atoms with van der Waals surface area (Å²) in [6.45, 7) is 4.18. The van der Waals surface area contributed by atoms with Gasteiger partial charge in [0.15, 0.2) is 0 Å². The predicted molar refractivity (Wildman–Crippen MR) is 131 cm³/mol. The number of rotatable bonds is 5. The van der Waals surface area contributed by atoms with Gasteiger partial charge in [0, 0.05) is 38.3 Å². The van der Waals surface area contributed by atoms with E-state index in [0.29, 0.717) is 11.3 Å². The summed E-state index contributed by atoms with van der Waals surface area (Å²) >= 11 is 0. The van der Waals surface area contributed by atoms with E-state index in [1.807, 2.05) is 55.3 Å². The lowest BCUT2D eigenvalue weighted by molar-refractivity contribution is 0.0596. The molecule has 1 aliphatic carbocycles. The van der Waals surface area contributed by atoms with Crippen molar-refractivity contribution >= 4 is 16.9 Å². The largest absolute Gasteiger partial charge is 0.496 e. The van der Waals surface area contributed by atoms with E-state index in [2.05, 4.69) is 20.5 Å². The van der Waals surface area contributed by atoms with Crippen LogP contribution < -0.4 is 4.74 Å². The van der Waals surface area contributed by atoms with Crippen LogP contribution in [0.1, 0.15) is 54.7 Å². The summed E-state index contributed by atoms with van der Waals surface area (Å²) in [4.78, 5) is 22.7. The number of carbonyl (C=O) groups excluding carboxylic acids is 1. The molecule has 1 aliphatic heterocycles. The number of likely N-dealkylation sites (tertiary alicyclic amines) is 1. The van der Waals surface area contributed by atoms with Gasteiger partial charge in [-0.05, 0) is 56.9 Å². The molecular weight excluding hydrogens is 412 g/mol. The molecule has 0 bridgehead atoms. The lowest BCUT2D eigenvalue weighted by atomic mass is 10.00. The first kappa shape index (κ1) is 22.0. The number of benzene rings is 2. The first-order valence-electron chi connectivity index (χ1n) is 12.2. The van der Waals surface area contributed by atoms with E-state index in [-0.39, 0.29) is 11.9 Å². The second-order valence-corrected chi connectivity index (χ2v) is 9.49. The molecule has 3 aromatic rings. The van der Waals surface area contributed by atoms with Gasteiger partial charge in [-0.3, -0.25) is 9.36 Å². The first-order valence-corrected chi connectivity index (χ1v) is 12.2. The molecule has 0 atom stereocenters. The fourth-order valence-corrected chi connectivity index (χ4v) is 5.73. The summed E-state index contributed by atoms with van der Waals surface area (Å²) in [6.07, 6.45) is 7.50. The van der Waals surface area contributed by atoms with Crippen LogP contribution in [0.15, 0.2) is 42.5 Å². The van der Waals surface area contributed by atoms with E-state index in [1.54, 1.807) is 7.11 Å². The van der Waals surface area contributed by atoms with Crippen molar-refractivity contribution in [1.29, 1.82) is 0 Å². The summed E-state index contributed by atoms with van der Waals surface area (Å²) in [7, 11) is 3.58. The van der Waals surface area contributed by atoms with Gasteiger partial charge in [-0.1, -0.05) is 25.0 Å². The molecule has 6 nitrogen and oxygen atoms in total. The Bertz CT molecular complexity index is 1140. The van der Waals surface area contributed by atoms with E-state index in [1.165, 1.54) is 25.7 Å². The summed E-state index contributed by atoms with van der Waals surface area (Å²) in [6, 6.07) is 15.0. The van der Waals surface area contributed by atoms with Gasteiger partial charge in [-0.25, -0.2) is 4.98 Å². The molecular formula is C27H34N4O2. The molecule has 0 unspecified atom stereocenters. The van der Waals surface area contributed by atoms with Gasteiger partial charge in [0.1, 0.15) is 11.6 Å². The molecule has 2 aliphatic rings. The maximum Gasteiger partial charge on any atom is 0.257 e. The molecule has 2 fully saturated rings. The van der Waals surface area contributed by atoms with Crippen molar-refractivity contribution in [2.75, 3.05) is 27.2 Å². The third kappa shape index (κ3) is 4.12. The van der Waals surface area contributed by atoms with Crippen LogP contribution in [0.25, 0.3) is 16.7 Å². The summed E-state index contributed by atoms with van der Waals surface area (Å²) < 4.78 is 7.80. The molecule has 2 heterocycles. The Hall–Kier alpha value is -2.86. The van der Waals surface area contributed by atoms with E-state index in [4.69, 9.17) is 4.74 Å². The fourth-order valence-electron chi connectivity index (χ4n) is 5.73. The van der Waals surface area contributed by atoms with Gasteiger partial charge in [0.2, 0.25) is 0 Å². The number of aromatic nitrogens is 2. The Labute approximate surface area is 196 Å². The van der Waals surface area contributed by atoms with Crippen LogP contribution >= 0.6 is 0 Å². The fraction of sp³-hybridized carbons (Fsp3) is 0.481. The van der Waals surface area contributed by atoms with Crippen LogP contribution in [-0.2, 0) is 0 Å². The van der Waals surface area contributed by atoms with E-state index < -0.39 is 0 Å². The molecule has 0 N–H and O–H groups in total. The van der Waals surface area contributed by atoms with E-state index in [9.17, 15) is 4.79 Å². The monoisotopic (exact) mass is 446 g/mol. The molecule has 33 heavy (non-hydrogen) atoms.